The third-order valence-corrected chi connectivity index (χ3v) is 4.91. The van der Waals surface area contributed by atoms with E-state index in [9.17, 15) is 0 Å². The molecule has 3 aromatic heterocycles. The molecule has 0 unspecified atom stereocenters. The van der Waals surface area contributed by atoms with Crippen LogP contribution in [-0.4, -0.2) is 42.8 Å². The zero-order chi connectivity index (χ0) is 17.6. The molecule has 25 heavy (non-hydrogen) atoms. The van der Waals surface area contributed by atoms with Crippen LogP contribution in [-0.2, 0) is 0 Å². The number of fused-ring (bicyclic) bond motifs is 1. The normalized spacial score (nSPS) is 18.4. The Morgan fingerprint density at radius 1 is 1.24 bits per heavy atom. The summed E-state index contributed by atoms with van der Waals surface area (Å²) in [4.78, 5) is 15.7. The van der Waals surface area contributed by atoms with Crippen molar-refractivity contribution in [2.75, 3.05) is 18.0 Å². The van der Waals surface area contributed by atoms with Crippen LogP contribution in [0.15, 0.2) is 10.9 Å². The van der Waals surface area contributed by atoms with Gasteiger partial charge in [-0.15, -0.1) is 0 Å². The van der Waals surface area contributed by atoms with Gasteiger partial charge in [0, 0.05) is 36.2 Å². The molecule has 4 rings (SSSR count). The fraction of sp³-hybridized carbons (Fsp3) is 0.588. The van der Waals surface area contributed by atoms with Crippen LogP contribution in [0.25, 0.3) is 5.78 Å². The van der Waals surface area contributed by atoms with Crippen molar-refractivity contribution in [3.8, 4) is 0 Å². The third-order valence-electron chi connectivity index (χ3n) is 4.91. The molecule has 8 nitrogen and oxygen atoms in total. The molecule has 0 bridgehead atoms. The Bertz CT molecular complexity index is 898. The van der Waals surface area contributed by atoms with Crippen molar-refractivity contribution in [2.45, 2.75) is 52.4 Å². The van der Waals surface area contributed by atoms with E-state index in [1.54, 1.807) is 6.33 Å². The first kappa shape index (κ1) is 16.0. The monoisotopic (exact) mass is 341 g/mol. The van der Waals surface area contributed by atoms with Crippen molar-refractivity contribution in [3.63, 3.8) is 0 Å². The second kappa shape index (κ2) is 6.09. The summed E-state index contributed by atoms with van der Waals surface area (Å²) in [7, 11) is 0. The second-order valence-electron chi connectivity index (χ2n) is 7.05. The van der Waals surface area contributed by atoms with Crippen LogP contribution in [0.1, 0.15) is 61.5 Å². The lowest BCUT2D eigenvalue weighted by Crippen LogP contribution is -2.36. The Balaban J connectivity index is 1.67. The molecule has 132 valence electrons. The van der Waals surface area contributed by atoms with Gasteiger partial charge in [0.25, 0.3) is 5.78 Å². The van der Waals surface area contributed by atoms with Gasteiger partial charge < -0.3 is 9.42 Å². The van der Waals surface area contributed by atoms with Gasteiger partial charge in [-0.2, -0.15) is 19.6 Å². The number of anilines is 1. The van der Waals surface area contributed by atoms with E-state index in [0.29, 0.717) is 11.7 Å². The highest BCUT2D eigenvalue weighted by molar-refractivity contribution is 5.54. The average Bonchev–Trinajstić information content (AvgIpc) is 3.25. The van der Waals surface area contributed by atoms with Crippen LogP contribution in [0, 0.1) is 13.8 Å². The van der Waals surface area contributed by atoms with E-state index in [0.717, 1.165) is 48.8 Å². The van der Waals surface area contributed by atoms with Gasteiger partial charge in [0.2, 0.25) is 5.89 Å². The van der Waals surface area contributed by atoms with Crippen LogP contribution in [0.3, 0.4) is 0 Å². The second-order valence-corrected chi connectivity index (χ2v) is 7.05. The van der Waals surface area contributed by atoms with Gasteiger partial charge in [0.15, 0.2) is 5.82 Å². The summed E-state index contributed by atoms with van der Waals surface area (Å²) in [6.45, 7) is 10.1. The number of aromatic nitrogens is 6. The molecule has 3 aromatic rings. The highest BCUT2D eigenvalue weighted by Gasteiger charge is 2.28. The largest absolute Gasteiger partial charge is 0.355 e. The maximum Gasteiger partial charge on any atom is 0.254 e. The number of piperidine rings is 1. The molecule has 1 atom stereocenters. The molecule has 0 N–H and O–H groups in total. The zero-order valence-electron chi connectivity index (χ0n) is 15.1. The number of hydrogen-bond donors (Lipinski definition) is 0. The SMILES string of the molecule is Cc1nc2ncnn2c(N2CCC[C@@H](c3noc(C(C)C)n3)C2)c1C. The molecule has 1 fully saturated rings. The third kappa shape index (κ3) is 2.75. The number of aryl methyl sites for hydroxylation is 1. The summed E-state index contributed by atoms with van der Waals surface area (Å²) in [5.74, 6) is 3.74. The molecule has 4 heterocycles. The molecule has 1 aliphatic heterocycles. The van der Waals surface area contributed by atoms with Crippen molar-refractivity contribution >= 4 is 11.6 Å². The van der Waals surface area contributed by atoms with Crippen molar-refractivity contribution < 1.29 is 4.52 Å². The maximum atomic E-state index is 5.40. The number of nitrogens with zero attached hydrogens (tertiary/aromatic N) is 7. The first-order valence-corrected chi connectivity index (χ1v) is 8.80. The Kier molecular flexibility index (Phi) is 3.89. The minimum atomic E-state index is 0.251. The summed E-state index contributed by atoms with van der Waals surface area (Å²) < 4.78 is 7.24. The van der Waals surface area contributed by atoms with E-state index in [2.05, 4.69) is 50.9 Å². The molecule has 1 aliphatic rings. The topological polar surface area (TPSA) is 85.2 Å². The molecule has 0 amide bonds. The van der Waals surface area contributed by atoms with Gasteiger partial charge in [-0.3, -0.25) is 0 Å². The van der Waals surface area contributed by atoms with Crippen LogP contribution in [0.4, 0.5) is 5.82 Å². The Morgan fingerprint density at radius 3 is 2.84 bits per heavy atom. The fourth-order valence-electron chi connectivity index (χ4n) is 3.41. The summed E-state index contributed by atoms with van der Waals surface area (Å²) in [6, 6.07) is 0. The zero-order valence-corrected chi connectivity index (χ0v) is 15.1. The van der Waals surface area contributed by atoms with E-state index in [4.69, 9.17) is 4.52 Å². The van der Waals surface area contributed by atoms with Gasteiger partial charge in [-0.1, -0.05) is 19.0 Å². The average molecular weight is 341 g/mol. The van der Waals surface area contributed by atoms with Gasteiger partial charge >= 0.3 is 0 Å². The first-order valence-electron chi connectivity index (χ1n) is 8.80. The standard InChI is InChI=1S/C17H23N7O/c1-10(2)15-21-14(22-25-15)13-6-5-7-23(8-13)16-11(3)12(4)20-17-18-9-19-24(16)17/h9-10,13H,5-8H2,1-4H3/t13-/m1/s1. The number of hydrogen-bond acceptors (Lipinski definition) is 7. The summed E-state index contributed by atoms with van der Waals surface area (Å²) in [6.07, 6.45) is 3.70. The van der Waals surface area contributed by atoms with Gasteiger partial charge in [-0.05, 0) is 26.7 Å². The van der Waals surface area contributed by atoms with Crippen LogP contribution in [0.5, 0.6) is 0 Å². The molecule has 0 aliphatic carbocycles. The molecular formula is C17H23N7O. The van der Waals surface area contributed by atoms with Crippen molar-refractivity contribution in [2.24, 2.45) is 0 Å². The van der Waals surface area contributed by atoms with E-state index in [-0.39, 0.29) is 11.8 Å². The van der Waals surface area contributed by atoms with Crippen molar-refractivity contribution in [3.05, 3.63) is 29.3 Å². The van der Waals surface area contributed by atoms with Crippen LogP contribution >= 0.6 is 0 Å². The van der Waals surface area contributed by atoms with Crippen molar-refractivity contribution in [1.82, 2.24) is 29.7 Å². The smallest absolute Gasteiger partial charge is 0.254 e. The Morgan fingerprint density at radius 2 is 2.08 bits per heavy atom. The molecule has 0 saturated carbocycles. The first-order chi connectivity index (χ1) is 12.0. The van der Waals surface area contributed by atoms with Gasteiger partial charge in [0.05, 0.1) is 0 Å². The lowest BCUT2D eigenvalue weighted by Gasteiger charge is -2.34. The number of rotatable bonds is 3. The molecule has 0 aromatic carbocycles. The van der Waals surface area contributed by atoms with E-state index in [1.165, 1.54) is 0 Å². The van der Waals surface area contributed by atoms with Crippen LogP contribution < -0.4 is 4.90 Å². The molecule has 0 spiro atoms. The molecule has 0 radical (unpaired) electrons. The van der Waals surface area contributed by atoms with E-state index >= 15 is 0 Å². The van der Waals surface area contributed by atoms with Crippen molar-refractivity contribution in [1.29, 1.82) is 0 Å². The van der Waals surface area contributed by atoms with Crippen LogP contribution in [0.2, 0.25) is 0 Å². The maximum absolute atomic E-state index is 5.40. The van der Waals surface area contributed by atoms with Gasteiger partial charge in [-0.25, -0.2) is 4.98 Å². The van der Waals surface area contributed by atoms with E-state index < -0.39 is 0 Å². The Labute approximate surface area is 146 Å². The highest BCUT2D eigenvalue weighted by atomic mass is 16.5. The Hall–Kier alpha value is -2.51. The predicted octanol–water partition coefficient (Wildman–Crippen LogP) is 2.63. The lowest BCUT2D eigenvalue weighted by atomic mass is 9.97. The lowest BCUT2D eigenvalue weighted by molar-refractivity contribution is 0.354. The highest BCUT2D eigenvalue weighted by Crippen LogP contribution is 2.31. The minimum absolute atomic E-state index is 0.251. The fourth-order valence-corrected chi connectivity index (χ4v) is 3.41. The summed E-state index contributed by atoms with van der Waals surface area (Å²) in [5, 5.41) is 8.59. The predicted molar refractivity (Wildman–Crippen MR) is 92.8 cm³/mol. The quantitative estimate of drug-likeness (QED) is 0.724. The summed E-state index contributed by atoms with van der Waals surface area (Å²) in [5.41, 5.74) is 2.12. The molecule has 1 saturated heterocycles. The minimum Gasteiger partial charge on any atom is -0.355 e. The van der Waals surface area contributed by atoms with E-state index in [1.807, 2.05) is 11.4 Å². The molecular weight excluding hydrogens is 318 g/mol. The summed E-state index contributed by atoms with van der Waals surface area (Å²) >= 11 is 0. The van der Waals surface area contributed by atoms with Gasteiger partial charge in [0.1, 0.15) is 12.1 Å². The molecule has 8 heteroatoms.